The van der Waals surface area contributed by atoms with Crippen LogP contribution in [-0.4, -0.2) is 38.3 Å². The van der Waals surface area contributed by atoms with Crippen molar-refractivity contribution >= 4 is 33.0 Å². The first-order chi connectivity index (χ1) is 12.4. The van der Waals surface area contributed by atoms with E-state index >= 15 is 0 Å². The number of amides is 1. The van der Waals surface area contributed by atoms with Gasteiger partial charge in [0.2, 0.25) is 10.0 Å². The standard InChI is InChI=1S/C18H22N2O4S2/c1-3-24-15-8-7-14(19-18(21)16-9-6-13(2)25-16)12-17(15)26(22,23)20-10-4-5-11-20/h6-9,12H,3-5,10-11H2,1-2H3,(H,19,21). The molecule has 26 heavy (non-hydrogen) atoms. The molecular weight excluding hydrogens is 372 g/mol. The maximum atomic E-state index is 13.0. The van der Waals surface area contributed by atoms with Gasteiger partial charge < -0.3 is 10.1 Å². The maximum absolute atomic E-state index is 13.0. The van der Waals surface area contributed by atoms with Crippen LogP contribution in [0.15, 0.2) is 35.2 Å². The summed E-state index contributed by atoms with van der Waals surface area (Å²) in [5, 5.41) is 2.78. The summed E-state index contributed by atoms with van der Waals surface area (Å²) in [6.45, 7) is 5.13. The van der Waals surface area contributed by atoms with Gasteiger partial charge in [-0.05, 0) is 57.0 Å². The highest BCUT2D eigenvalue weighted by atomic mass is 32.2. The Labute approximate surface area is 157 Å². The summed E-state index contributed by atoms with van der Waals surface area (Å²) in [5.74, 6) is 0.0566. The second-order valence-electron chi connectivity index (χ2n) is 6.07. The summed E-state index contributed by atoms with van der Waals surface area (Å²) in [6, 6.07) is 8.37. The molecule has 6 nitrogen and oxygen atoms in total. The molecule has 1 aromatic heterocycles. The van der Waals surface area contributed by atoms with Crippen LogP contribution in [0.5, 0.6) is 5.75 Å². The van der Waals surface area contributed by atoms with Crippen molar-refractivity contribution in [2.24, 2.45) is 0 Å². The second-order valence-corrected chi connectivity index (χ2v) is 9.26. The molecule has 1 aliphatic heterocycles. The molecule has 0 aliphatic carbocycles. The first-order valence-corrected chi connectivity index (χ1v) is 10.8. The van der Waals surface area contributed by atoms with Crippen LogP contribution in [-0.2, 0) is 10.0 Å². The Morgan fingerprint density at radius 1 is 1.23 bits per heavy atom. The lowest BCUT2D eigenvalue weighted by Crippen LogP contribution is -2.28. The molecule has 140 valence electrons. The Morgan fingerprint density at radius 3 is 2.58 bits per heavy atom. The van der Waals surface area contributed by atoms with Gasteiger partial charge in [0.05, 0.1) is 11.5 Å². The Hall–Kier alpha value is -1.90. The zero-order chi connectivity index (χ0) is 18.7. The van der Waals surface area contributed by atoms with E-state index in [-0.39, 0.29) is 10.8 Å². The van der Waals surface area contributed by atoms with Gasteiger partial charge in [0.1, 0.15) is 10.6 Å². The number of hydrogen-bond acceptors (Lipinski definition) is 5. The molecular formula is C18H22N2O4S2. The van der Waals surface area contributed by atoms with Crippen molar-refractivity contribution < 1.29 is 17.9 Å². The SMILES string of the molecule is CCOc1ccc(NC(=O)c2ccc(C)s2)cc1S(=O)(=O)N1CCCC1. The first kappa shape index (κ1) is 18.9. The summed E-state index contributed by atoms with van der Waals surface area (Å²) < 4.78 is 32.9. The zero-order valence-electron chi connectivity index (χ0n) is 14.8. The molecule has 2 heterocycles. The van der Waals surface area contributed by atoms with Gasteiger partial charge in [-0.25, -0.2) is 8.42 Å². The third-order valence-corrected chi connectivity index (χ3v) is 7.07. The molecule has 1 N–H and O–H groups in total. The van der Waals surface area contributed by atoms with Gasteiger partial charge in [-0.1, -0.05) is 0 Å². The molecule has 3 rings (SSSR count). The van der Waals surface area contributed by atoms with Crippen LogP contribution in [0.4, 0.5) is 5.69 Å². The Morgan fingerprint density at radius 2 is 1.96 bits per heavy atom. The largest absolute Gasteiger partial charge is 0.492 e. The van der Waals surface area contributed by atoms with E-state index < -0.39 is 10.0 Å². The lowest BCUT2D eigenvalue weighted by molar-refractivity contribution is 0.103. The van der Waals surface area contributed by atoms with E-state index in [2.05, 4.69) is 5.32 Å². The van der Waals surface area contributed by atoms with Gasteiger partial charge in [-0.2, -0.15) is 4.31 Å². The molecule has 1 amide bonds. The van der Waals surface area contributed by atoms with E-state index in [4.69, 9.17) is 4.74 Å². The van der Waals surface area contributed by atoms with Gasteiger partial charge >= 0.3 is 0 Å². The van der Waals surface area contributed by atoms with Crippen molar-refractivity contribution in [2.45, 2.75) is 31.6 Å². The van der Waals surface area contributed by atoms with Gasteiger partial charge in [0.25, 0.3) is 5.91 Å². The van der Waals surface area contributed by atoms with Gasteiger partial charge in [-0.3, -0.25) is 4.79 Å². The molecule has 1 aromatic carbocycles. The number of nitrogens with zero attached hydrogens (tertiary/aromatic N) is 1. The second kappa shape index (κ2) is 7.77. The van der Waals surface area contributed by atoms with Crippen molar-refractivity contribution in [3.8, 4) is 5.75 Å². The van der Waals surface area contributed by atoms with Crippen LogP contribution >= 0.6 is 11.3 Å². The number of sulfonamides is 1. The molecule has 2 aromatic rings. The molecule has 1 aliphatic rings. The number of rotatable bonds is 6. The maximum Gasteiger partial charge on any atom is 0.265 e. The topological polar surface area (TPSA) is 75.7 Å². The van der Waals surface area contributed by atoms with Gasteiger partial charge in [0, 0.05) is 23.7 Å². The van der Waals surface area contributed by atoms with Crippen LogP contribution in [0.3, 0.4) is 0 Å². The van der Waals surface area contributed by atoms with E-state index in [0.717, 1.165) is 17.7 Å². The molecule has 1 fully saturated rings. The summed E-state index contributed by atoms with van der Waals surface area (Å²) >= 11 is 1.39. The molecule has 0 radical (unpaired) electrons. The number of benzene rings is 1. The lowest BCUT2D eigenvalue weighted by atomic mass is 10.3. The number of carbonyl (C=O) groups is 1. The highest BCUT2D eigenvalue weighted by Crippen LogP contribution is 2.32. The van der Waals surface area contributed by atoms with Crippen LogP contribution in [0, 0.1) is 6.92 Å². The van der Waals surface area contributed by atoms with Gasteiger partial charge in [0.15, 0.2) is 0 Å². The highest BCUT2D eigenvalue weighted by molar-refractivity contribution is 7.89. The number of nitrogens with one attached hydrogen (secondary N) is 1. The zero-order valence-corrected chi connectivity index (χ0v) is 16.5. The number of hydrogen-bond donors (Lipinski definition) is 1. The summed E-state index contributed by atoms with van der Waals surface area (Å²) in [5.41, 5.74) is 0.433. The molecule has 1 saturated heterocycles. The Bertz CT molecular complexity index is 900. The molecule has 8 heteroatoms. The normalized spacial score (nSPS) is 15.2. The number of ether oxygens (including phenoxy) is 1. The predicted molar refractivity (Wildman–Crippen MR) is 103 cm³/mol. The van der Waals surface area contributed by atoms with Crippen molar-refractivity contribution in [1.82, 2.24) is 4.31 Å². The lowest BCUT2D eigenvalue weighted by Gasteiger charge is -2.19. The smallest absolute Gasteiger partial charge is 0.265 e. The van der Waals surface area contributed by atoms with Crippen molar-refractivity contribution in [1.29, 1.82) is 0 Å². The summed E-state index contributed by atoms with van der Waals surface area (Å²) in [6.07, 6.45) is 1.72. The Kier molecular flexibility index (Phi) is 5.64. The highest BCUT2D eigenvalue weighted by Gasteiger charge is 2.30. The minimum atomic E-state index is -3.65. The van der Waals surface area contributed by atoms with E-state index in [0.29, 0.717) is 36.0 Å². The van der Waals surface area contributed by atoms with Crippen molar-refractivity contribution in [3.63, 3.8) is 0 Å². The van der Waals surface area contributed by atoms with Crippen LogP contribution < -0.4 is 10.1 Å². The predicted octanol–water partition coefficient (Wildman–Crippen LogP) is 3.49. The van der Waals surface area contributed by atoms with Crippen LogP contribution in [0.25, 0.3) is 0 Å². The monoisotopic (exact) mass is 394 g/mol. The van der Waals surface area contributed by atoms with Crippen molar-refractivity contribution in [3.05, 3.63) is 40.1 Å². The third-order valence-electron chi connectivity index (χ3n) is 4.15. The average Bonchev–Trinajstić information content (AvgIpc) is 3.28. The Balaban J connectivity index is 1.92. The summed E-state index contributed by atoms with van der Waals surface area (Å²) in [7, 11) is -3.65. The average molecular weight is 395 g/mol. The van der Waals surface area contributed by atoms with E-state index in [1.165, 1.54) is 21.7 Å². The fourth-order valence-electron chi connectivity index (χ4n) is 2.88. The van der Waals surface area contributed by atoms with Crippen LogP contribution in [0.1, 0.15) is 34.3 Å². The molecule has 0 spiro atoms. The van der Waals surface area contributed by atoms with Crippen molar-refractivity contribution in [2.75, 3.05) is 25.0 Å². The van der Waals surface area contributed by atoms with E-state index in [9.17, 15) is 13.2 Å². The molecule has 0 saturated carbocycles. The number of aryl methyl sites for hydroxylation is 1. The fraction of sp³-hybridized carbons (Fsp3) is 0.389. The quantitative estimate of drug-likeness (QED) is 0.814. The van der Waals surface area contributed by atoms with Crippen LogP contribution in [0.2, 0.25) is 0 Å². The first-order valence-electron chi connectivity index (χ1n) is 8.56. The summed E-state index contributed by atoms with van der Waals surface area (Å²) in [4.78, 5) is 14.1. The third kappa shape index (κ3) is 3.92. The van der Waals surface area contributed by atoms with Gasteiger partial charge in [-0.15, -0.1) is 11.3 Å². The number of carbonyl (C=O) groups excluding carboxylic acids is 1. The number of anilines is 1. The molecule has 0 bridgehead atoms. The minimum Gasteiger partial charge on any atom is -0.492 e. The van der Waals surface area contributed by atoms with E-state index in [1.807, 2.05) is 13.0 Å². The van der Waals surface area contributed by atoms with E-state index in [1.54, 1.807) is 25.1 Å². The minimum absolute atomic E-state index is 0.0985. The molecule has 0 unspecified atom stereocenters. The number of thiophene rings is 1. The molecule has 0 atom stereocenters. The fourth-order valence-corrected chi connectivity index (χ4v) is 5.32.